The molecule has 2 heterocycles. The van der Waals surface area contributed by atoms with Crippen molar-refractivity contribution in [2.24, 2.45) is 0 Å². The molecule has 1 aromatic heterocycles. The lowest BCUT2D eigenvalue weighted by Crippen LogP contribution is -2.41. The van der Waals surface area contributed by atoms with Crippen LogP contribution in [0.15, 0.2) is 0 Å². The van der Waals surface area contributed by atoms with Gasteiger partial charge in [-0.15, -0.1) is 11.3 Å². The summed E-state index contributed by atoms with van der Waals surface area (Å²) in [5.41, 5.74) is 1.33. The second-order valence-corrected chi connectivity index (χ2v) is 7.49. The van der Waals surface area contributed by atoms with Crippen molar-refractivity contribution in [2.75, 3.05) is 31.1 Å². The Morgan fingerprint density at radius 1 is 1.45 bits per heavy atom. The first kappa shape index (κ1) is 15.7. The van der Waals surface area contributed by atoms with E-state index in [9.17, 15) is 0 Å². The van der Waals surface area contributed by atoms with Gasteiger partial charge in [-0.3, -0.25) is 0 Å². The van der Waals surface area contributed by atoms with Crippen LogP contribution in [-0.2, 0) is 16.7 Å². The van der Waals surface area contributed by atoms with E-state index < -0.39 is 0 Å². The summed E-state index contributed by atoms with van der Waals surface area (Å²) in [4.78, 5) is 8.67. The Labute approximate surface area is 126 Å². The Bertz CT molecular complexity index is 439. The molecule has 1 N–H and O–H groups in total. The van der Waals surface area contributed by atoms with Gasteiger partial charge in [-0.2, -0.15) is 0 Å². The number of hydrogen-bond acceptors (Lipinski definition) is 5. The van der Waals surface area contributed by atoms with Crippen molar-refractivity contribution in [2.45, 2.75) is 52.7 Å². The maximum Gasteiger partial charge on any atom is 0.186 e. The first-order valence-electron chi connectivity index (χ1n) is 7.49. The number of morpholine rings is 1. The standard InChI is InChI=1S/C15H27N3OS/c1-6-16-9-12-13(15(3,4)5)17-14(20-12)18-7-8-19-11(2)10-18/h11,16H,6-10H2,1-5H3. The van der Waals surface area contributed by atoms with Gasteiger partial charge in [0.15, 0.2) is 5.13 Å². The Hall–Kier alpha value is -0.650. The van der Waals surface area contributed by atoms with E-state index in [4.69, 9.17) is 9.72 Å². The SMILES string of the molecule is CCNCc1sc(N2CCOC(C)C2)nc1C(C)(C)C. The highest BCUT2D eigenvalue weighted by Gasteiger charge is 2.26. The number of aromatic nitrogens is 1. The fraction of sp³-hybridized carbons (Fsp3) is 0.800. The average Bonchev–Trinajstić information content (AvgIpc) is 2.80. The molecule has 0 aliphatic carbocycles. The fourth-order valence-corrected chi connectivity index (χ4v) is 3.69. The fourth-order valence-electron chi connectivity index (χ4n) is 2.41. The number of nitrogens with one attached hydrogen (secondary N) is 1. The molecule has 0 bridgehead atoms. The Kier molecular flexibility index (Phi) is 5.04. The third kappa shape index (κ3) is 3.71. The molecule has 0 aromatic carbocycles. The van der Waals surface area contributed by atoms with Crippen LogP contribution in [-0.4, -0.2) is 37.3 Å². The van der Waals surface area contributed by atoms with Crippen LogP contribution in [0.2, 0.25) is 0 Å². The number of thiazole rings is 1. The monoisotopic (exact) mass is 297 g/mol. The van der Waals surface area contributed by atoms with Crippen LogP contribution in [0.25, 0.3) is 0 Å². The van der Waals surface area contributed by atoms with E-state index in [0.717, 1.165) is 37.9 Å². The van der Waals surface area contributed by atoms with Gasteiger partial charge in [0.25, 0.3) is 0 Å². The van der Waals surface area contributed by atoms with Crippen LogP contribution in [0.3, 0.4) is 0 Å². The zero-order valence-electron chi connectivity index (χ0n) is 13.3. The van der Waals surface area contributed by atoms with Crippen molar-refractivity contribution < 1.29 is 4.74 Å². The number of ether oxygens (including phenoxy) is 1. The average molecular weight is 297 g/mol. The molecule has 1 unspecified atom stereocenters. The first-order valence-corrected chi connectivity index (χ1v) is 8.31. The molecule has 114 valence electrons. The Morgan fingerprint density at radius 3 is 2.80 bits per heavy atom. The Balaban J connectivity index is 2.23. The highest BCUT2D eigenvalue weighted by molar-refractivity contribution is 7.15. The second-order valence-electron chi connectivity index (χ2n) is 6.43. The summed E-state index contributed by atoms with van der Waals surface area (Å²) in [5, 5.41) is 4.58. The molecule has 1 fully saturated rings. The predicted octanol–water partition coefficient (Wildman–Crippen LogP) is 2.78. The van der Waals surface area contributed by atoms with Crippen molar-refractivity contribution in [1.29, 1.82) is 0 Å². The molecule has 1 saturated heterocycles. The minimum Gasteiger partial charge on any atom is -0.375 e. The third-order valence-electron chi connectivity index (χ3n) is 3.44. The summed E-state index contributed by atoms with van der Waals surface area (Å²) >= 11 is 1.83. The molecule has 0 radical (unpaired) electrons. The zero-order valence-corrected chi connectivity index (χ0v) is 14.1. The molecule has 0 amide bonds. The van der Waals surface area contributed by atoms with Gasteiger partial charge in [-0.05, 0) is 13.5 Å². The van der Waals surface area contributed by atoms with Gasteiger partial charge < -0.3 is 15.0 Å². The molecule has 0 saturated carbocycles. The molecule has 20 heavy (non-hydrogen) atoms. The molecule has 0 spiro atoms. The van der Waals surface area contributed by atoms with Gasteiger partial charge in [-0.1, -0.05) is 27.7 Å². The quantitative estimate of drug-likeness (QED) is 0.927. The number of hydrogen-bond donors (Lipinski definition) is 1. The van der Waals surface area contributed by atoms with Crippen LogP contribution in [0.4, 0.5) is 5.13 Å². The highest BCUT2D eigenvalue weighted by Crippen LogP contribution is 2.34. The van der Waals surface area contributed by atoms with Crippen molar-refractivity contribution >= 4 is 16.5 Å². The lowest BCUT2D eigenvalue weighted by atomic mass is 9.91. The van der Waals surface area contributed by atoms with Gasteiger partial charge in [0.1, 0.15) is 0 Å². The first-order chi connectivity index (χ1) is 9.41. The molecule has 5 heteroatoms. The van der Waals surface area contributed by atoms with E-state index in [1.54, 1.807) is 0 Å². The molecule has 1 aliphatic heterocycles. The van der Waals surface area contributed by atoms with Gasteiger partial charge in [0, 0.05) is 29.9 Å². The van der Waals surface area contributed by atoms with E-state index in [2.05, 4.69) is 44.8 Å². The van der Waals surface area contributed by atoms with Crippen molar-refractivity contribution in [3.8, 4) is 0 Å². The molecule has 1 aliphatic rings. The summed E-state index contributed by atoms with van der Waals surface area (Å²) in [7, 11) is 0. The van der Waals surface area contributed by atoms with E-state index in [-0.39, 0.29) is 5.41 Å². The largest absolute Gasteiger partial charge is 0.375 e. The molecule has 1 atom stereocenters. The predicted molar refractivity (Wildman–Crippen MR) is 85.8 cm³/mol. The topological polar surface area (TPSA) is 37.4 Å². The van der Waals surface area contributed by atoms with Crippen molar-refractivity contribution in [3.63, 3.8) is 0 Å². The van der Waals surface area contributed by atoms with Crippen LogP contribution >= 0.6 is 11.3 Å². The maximum atomic E-state index is 5.62. The minimum atomic E-state index is 0.0947. The van der Waals surface area contributed by atoms with E-state index in [1.165, 1.54) is 10.6 Å². The lowest BCUT2D eigenvalue weighted by Gasteiger charge is -2.30. The maximum absolute atomic E-state index is 5.62. The van der Waals surface area contributed by atoms with Gasteiger partial charge in [-0.25, -0.2) is 4.98 Å². The van der Waals surface area contributed by atoms with E-state index >= 15 is 0 Å². The van der Waals surface area contributed by atoms with Gasteiger partial charge >= 0.3 is 0 Å². The van der Waals surface area contributed by atoms with Crippen molar-refractivity contribution in [3.05, 3.63) is 10.6 Å². The summed E-state index contributed by atoms with van der Waals surface area (Å²) in [6.07, 6.45) is 0.294. The van der Waals surface area contributed by atoms with Crippen LogP contribution in [0, 0.1) is 0 Å². The molecular weight excluding hydrogens is 270 g/mol. The Morgan fingerprint density at radius 2 is 2.20 bits per heavy atom. The van der Waals surface area contributed by atoms with Gasteiger partial charge in [0.2, 0.25) is 0 Å². The van der Waals surface area contributed by atoms with Crippen LogP contribution in [0.1, 0.15) is 45.2 Å². The van der Waals surface area contributed by atoms with Crippen molar-refractivity contribution in [1.82, 2.24) is 10.3 Å². The smallest absolute Gasteiger partial charge is 0.186 e. The summed E-state index contributed by atoms with van der Waals surface area (Å²) in [6, 6.07) is 0. The summed E-state index contributed by atoms with van der Waals surface area (Å²) in [5.74, 6) is 0. The highest BCUT2D eigenvalue weighted by atomic mass is 32.1. The molecule has 1 aromatic rings. The third-order valence-corrected chi connectivity index (χ3v) is 4.56. The summed E-state index contributed by atoms with van der Waals surface area (Å²) in [6.45, 7) is 15.6. The minimum absolute atomic E-state index is 0.0947. The molecular formula is C15H27N3OS. The summed E-state index contributed by atoms with van der Waals surface area (Å²) < 4.78 is 5.62. The number of nitrogens with zero attached hydrogens (tertiary/aromatic N) is 2. The number of rotatable bonds is 4. The lowest BCUT2D eigenvalue weighted by molar-refractivity contribution is 0.0532. The number of anilines is 1. The van der Waals surface area contributed by atoms with E-state index in [0.29, 0.717) is 6.10 Å². The molecule has 4 nitrogen and oxygen atoms in total. The van der Waals surface area contributed by atoms with Crippen LogP contribution in [0.5, 0.6) is 0 Å². The van der Waals surface area contributed by atoms with Crippen LogP contribution < -0.4 is 10.2 Å². The second kappa shape index (κ2) is 6.41. The zero-order chi connectivity index (χ0) is 14.8. The van der Waals surface area contributed by atoms with Gasteiger partial charge in [0.05, 0.1) is 18.4 Å². The van der Waals surface area contributed by atoms with E-state index in [1.807, 2.05) is 11.3 Å². The molecule has 2 rings (SSSR count). The normalized spacial score (nSPS) is 20.4.